The van der Waals surface area contributed by atoms with Gasteiger partial charge in [-0.2, -0.15) is 0 Å². The summed E-state index contributed by atoms with van der Waals surface area (Å²) in [6.45, 7) is 5.11. The molecule has 0 aliphatic rings. The van der Waals surface area contributed by atoms with Crippen LogP contribution in [0.2, 0.25) is 0 Å². The summed E-state index contributed by atoms with van der Waals surface area (Å²) in [6, 6.07) is 0. The lowest BCUT2D eigenvalue weighted by atomic mass is 9.97. The lowest BCUT2D eigenvalue weighted by Gasteiger charge is -2.36. The fourth-order valence-corrected chi connectivity index (χ4v) is 1.06. The summed E-state index contributed by atoms with van der Waals surface area (Å²) >= 11 is 0. The summed E-state index contributed by atoms with van der Waals surface area (Å²) in [5, 5.41) is 2.59. The van der Waals surface area contributed by atoms with Crippen molar-refractivity contribution in [3.05, 3.63) is 0 Å². The van der Waals surface area contributed by atoms with Gasteiger partial charge in [-0.3, -0.25) is 9.69 Å². The number of carbonyl (C=O) groups excluding carboxylic acids is 1. The van der Waals surface area contributed by atoms with Crippen molar-refractivity contribution in [3.8, 4) is 0 Å². The van der Waals surface area contributed by atoms with Crippen LogP contribution in [0, 0.1) is 0 Å². The van der Waals surface area contributed by atoms with Crippen LogP contribution in [0.5, 0.6) is 0 Å². The molecule has 0 aromatic heterocycles. The Morgan fingerprint density at radius 1 is 1.62 bits per heavy atom. The smallest absolute Gasteiger partial charge is 0.233 e. The Morgan fingerprint density at radius 2 is 2.15 bits per heavy atom. The lowest BCUT2D eigenvalue weighted by Crippen LogP contribution is -2.52. The van der Waals surface area contributed by atoms with Crippen LogP contribution >= 0.6 is 0 Å². The molecule has 0 spiro atoms. The Balaban J connectivity index is 4.21. The van der Waals surface area contributed by atoms with E-state index in [1.165, 1.54) is 0 Å². The highest BCUT2D eigenvalue weighted by Gasteiger charge is 2.26. The first-order valence-electron chi connectivity index (χ1n) is 4.62. The van der Waals surface area contributed by atoms with Gasteiger partial charge in [-0.05, 0) is 20.4 Å². The SMILES string of the molecule is CCC(C)(CN)N(C)CC(=O)NC. The summed E-state index contributed by atoms with van der Waals surface area (Å²) in [5.74, 6) is 0.0237. The summed E-state index contributed by atoms with van der Waals surface area (Å²) in [6.07, 6.45) is 0.941. The minimum absolute atomic E-state index is 0.0237. The zero-order chi connectivity index (χ0) is 10.5. The molecule has 4 heteroatoms. The molecule has 0 saturated heterocycles. The van der Waals surface area contributed by atoms with E-state index in [-0.39, 0.29) is 11.4 Å². The maximum Gasteiger partial charge on any atom is 0.233 e. The Bertz CT molecular complexity index is 166. The fraction of sp³-hybridized carbons (Fsp3) is 0.889. The Hall–Kier alpha value is -0.610. The Kier molecular flexibility index (Phi) is 4.95. The van der Waals surface area contributed by atoms with E-state index in [9.17, 15) is 4.79 Å². The van der Waals surface area contributed by atoms with Crippen LogP contribution in [0.15, 0.2) is 0 Å². The minimum Gasteiger partial charge on any atom is -0.358 e. The summed E-state index contributed by atoms with van der Waals surface area (Å²) in [4.78, 5) is 13.1. The molecule has 0 fully saturated rings. The lowest BCUT2D eigenvalue weighted by molar-refractivity contribution is -0.122. The van der Waals surface area contributed by atoms with Crippen LogP contribution < -0.4 is 11.1 Å². The molecule has 0 bridgehead atoms. The number of hydrogen-bond donors (Lipinski definition) is 2. The van der Waals surface area contributed by atoms with Crippen molar-refractivity contribution in [3.63, 3.8) is 0 Å². The first kappa shape index (κ1) is 12.4. The molecule has 0 saturated carbocycles. The van der Waals surface area contributed by atoms with E-state index in [4.69, 9.17) is 5.73 Å². The van der Waals surface area contributed by atoms with E-state index < -0.39 is 0 Å². The number of nitrogens with zero attached hydrogens (tertiary/aromatic N) is 1. The molecule has 0 rings (SSSR count). The number of nitrogens with one attached hydrogen (secondary N) is 1. The van der Waals surface area contributed by atoms with Gasteiger partial charge in [0.05, 0.1) is 6.54 Å². The molecule has 1 atom stereocenters. The standard InChI is InChI=1S/C9H21N3O/c1-5-9(2,7-10)12(4)6-8(13)11-3/h5-7,10H2,1-4H3,(H,11,13). The quantitative estimate of drug-likeness (QED) is 0.626. The van der Waals surface area contributed by atoms with Crippen LogP contribution in [0.3, 0.4) is 0 Å². The maximum atomic E-state index is 11.1. The second kappa shape index (κ2) is 5.19. The number of likely N-dealkylation sites (N-methyl/N-ethyl adjacent to an activating group) is 2. The largest absolute Gasteiger partial charge is 0.358 e. The molecule has 78 valence electrons. The van der Waals surface area contributed by atoms with Crippen molar-refractivity contribution in [2.45, 2.75) is 25.8 Å². The van der Waals surface area contributed by atoms with Gasteiger partial charge in [-0.1, -0.05) is 6.92 Å². The average molecular weight is 187 g/mol. The Labute approximate surface area is 80.5 Å². The predicted molar refractivity (Wildman–Crippen MR) is 54.4 cm³/mol. The van der Waals surface area contributed by atoms with E-state index in [2.05, 4.69) is 19.2 Å². The predicted octanol–water partition coefficient (Wildman–Crippen LogP) is -0.208. The molecule has 0 heterocycles. The molecule has 4 nitrogen and oxygen atoms in total. The second-order valence-electron chi connectivity index (χ2n) is 3.58. The van der Waals surface area contributed by atoms with Gasteiger partial charge in [0.2, 0.25) is 5.91 Å². The zero-order valence-corrected chi connectivity index (χ0v) is 9.05. The van der Waals surface area contributed by atoms with Crippen molar-refractivity contribution in [2.75, 3.05) is 27.2 Å². The van der Waals surface area contributed by atoms with E-state index in [1.54, 1.807) is 7.05 Å². The van der Waals surface area contributed by atoms with Crippen LogP contribution in [-0.4, -0.2) is 43.5 Å². The number of nitrogens with two attached hydrogens (primary N) is 1. The van der Waals surface area contributed by atoms with E-state index in [0.717, 1.165) is 6.42 Å². The first-order chi connectivity index (χ1) is 6.00. The normalized spacial score (nSPS) is 15.5. The third kappa shape index (κ3) is 3.32. The van der Waals surface area contributed by atoms with Gasteiger partial charge in [-0.15, -0.1) is 0 Å². The molecular formula is C9H21N3O. The van der Waals surface area contributed by atoms with Crippen molar-refractivity contribution in [2.24, 2.45) is 5.73 Å². The molecule has 0 aliphatic heterocycles. The second-order valence-corrected chi connectivity index (χ2v) is 3.58. The van der Waals surface area contributed by atoms with Gasteiger partial charge < -0.3 is 11.1 Å². The zero-order valence-electron chi connectivity index (χ0n) is 9.05. The molecule has 1 unspecified atom stereocenters. The van der Waals surface area contributed by atoms with Crippen LogP contribution in [0.25, 0.3) is 0 Å². The molecular weight excluding hydrogens is 166 g/mol. The third-order valence-electron chi connectivity index (χ3n) is 2.78. The van der Waals surface area contributed by atoms with Crippen LogP contribution in [0.1, 0.15) is 20.3 Å². The van der Waals surface area contributed by atoms with Crippen LogP contribution in [-0.2, 0) is 4.79 Å². The first-order valence-corrected chi connectivity index (χ1v) is 4.62. The number of rotatable bonds is 5. The topological polar surface area (TPSA) is 58.4 Å². The summed E-state index contributed by atoms with van der Waals surface area (Å²) < 4.78 is 0. The number of carbonyl (C=O) groups is 1. The highest BCUT2D eigenvalue weighted by atomic mass is 16.1. The molecule has 1 amide bonds. The van der Waals surface area contributed by atoms with Gasteiger partial charge in [-0.25, -0.2) is 0 Å². The molecule has 13 heavy (non-hydrogen) atoms. The monoisotopic (exact) mass is 187 g/mol. The fourth-order valence-electron chi connectivity index (χ4n) is 1.06. The van der Waals surface area contributed by atoms with Gasteiger partial charge in [0.1, 0.15) is 0 Å². The van der Waals surface area contributed by atoms with Crippen molar-refractivity contribution >= 4 is 5.91 Å². The number of hydrogen-bond acceptors (Lipinski definition) is 3. The van der Waals surface area contributed by atoms with E-state index in [1.807, 2.05) is 11.9 Å². The van der Waals surface area contributed by atoms with Gasteiger partial charge >= 0.3 is 0 Å². The van der Waals surface area contributed by atoms with Gasteiger partial charge in [0.25, 0.3) is 0 Å². The number of amides is 1. The molecule has 0 aliphatic carbocycles. The van der Waals surface area contributed by atoms with Crippen molar-refractivity contribution < 1.29 is 4.79 Å². The van der Waals surface area contributed by atoms with Gasteiger partial charge in [0.15, 0.2) is 0 Å². The highest BCUT2D eigenvalue weighted by Crippen LogP contribution is 2.14. The molecule has 0 aromatic carbocycles. The van der Waals surface area contributed by atoms with Gasteiger partial charge in [0, 0.05) is 19.1 Å². The minimum atomic E-state index is -0.0769. The Morgan fingerprint density at radius 3 is 2.46 bits per heavy atom. The molecule has 3 N–H and O–H groups in total. The molecule has 0 radical (unpaired) electrons. The summed E-state index contributed by atoms with van der Waals surface area (Å²) in [5.41, 5.74) is 5.59. The van der Waals surface area contributed by atoms with E-state index >= 15 is 0 Å². The third-order valence-corrected chi connectivity index (χ3v) is 2.78. The maximum absolute atomic E-state index is 11.1. The summed E-state index contributed by atoms with van der Waals surface area (Å²) in [7, 11) is 3.56. The highest BCUT2D eigenvalue weighted by molar-refractivity contribution is 5.77. The van der Waals surface area contributed by atoms with Crippen molar-refractivity contribution in [1.82, 2.24) is 10.2 Å². The van der Waals surface area contributed by atoms with Crippen LogP contribution in [0.4, 0.5) is 0 Å². The molecule has 0 aromatic rings. The average Bonchev–Trinajstić information content (AvgIpc) is 2.16. The van der Waals surface area contributed by atoms with E-state index in [0.29, 0.717) is 13.1 Å². The van der Waals surface area contributed by atoms with Crippen molar-refractivity contribution in [1.29, 1.82) is 0 Å².